The van der Waals surface area contributed by atoms with Crippen LogP contribution in [0.3, 0.4) is 0 Å². The van der Waals surface area contributed by atoms with Crippen molar-refractivity contribution in [3.63, 3.8) is 0 Å². The van der Waals surface area contributed by atoms with Crippen molar-refractivity contribution in [2.24, 2.45) is 0 Å². The highest BCUT2D eigenvalue weighted by atomic mass is 35.5. The number of halogens is 1. The molecule has 0 radical (unpaired) electrons. The van der Waals surface area contributed by atoms with E-state index in [-0.39, 0.29) is 5.91 Å². The van der Waals surface area contributed by atoms with E-state index in [1.165, 1.54) is 0 Å². The molecule has 1 aliphatic rings. The Balaban J connectivity index is 2.15. The summed E-state index contributed by atoms with van der Waals surface area (Å²) >= 11 is 6.25. The lowest BCUT2D eigenvalue weighted by molar-refractivity contribution is -0.138. The normalized spacial score (nSPS) is 17.7. The van der Waals surface area contributed by atoms with Crippen LogP contribution < -0.4 is 0 Å². The van der Waals surface area contributed by atoms with Crippen molar-refractivity contribution in [2.75, 3.05) is 13.1 Å². The SMILES string of the molecule is CCN(Cc1ccccc1Cl)C(=O)[C@@H]1CCCCN1C(=O)OC(C)(C)C. The van der Waals surface area contributed by atoms with Gasteiger partial charge in [0.05, 0.1) is 0 Å². The molecule has 144 valence electrons. The van der Waals surface area contributed by atoms with Gasteiger partial charge in [-0.2, -0.15) is 0 Å². The van der Waals surface area contributed by atoms with Crippen LogP contribution in [0.15, 0.2) is 24.3 Å². The number of likely N-dealkylation sites (N-methyl/N-ethyl adjacent to an activating group) is 1. The molecule has 1 aromatic carbocycles. The number of benzene rings is 1. The van der Waals surface area contributed by atoms with E-state index in [1.54, 1.807) is 9.80 Å². The molecule has 0 aliphatic carbocycles. The highest BCUT2D eigenvalue weighted by molar-refractivity contribution is 6.31. The van der Waals surface area contributed by atoms with Crippen LogP contribution in [-0.2, 0) is 16.1 Å². The summed E-state index contributed by atoms with van der Waals surface area (Å²) in [7, 11) is 0. The first kappa shape index (κ1) is 20.6. The lowest BCUT2D eigenvalue weighted by Gasteiger charge is -2.38. The molecular weight excluding hydrogens is 352 g/mol. The molecule has 0 unspecified atom stereocenters. The van der Waals surface area contributed by atoms with Crippen LogP contribution >= 0.6 is 11.6 Å². The maximum absolute atomic E-state index is 13.2. The summed E-state index contributed by atoms with van der Waals surface area (Å²) in [6.45, 7) is 8.99. The van der Waals surface area contributed by atoms with Crippen LogP contribution in [0.5, 0.6) is 0 Å². The van der Waals surface area contributed by atoms with Gasteiger partial charge in [0.15, 0.2) is 0 Å². The van der Waals surface area contributed by atoms with Gasteiger partial charge < -0.3 is 9.64 Å². The minimum absolute atomic E-state index is 0.0435. The van der Waals surface area contributed by atoms with E-state index < -0.39 is 17.7 Å². The van der Waals surface area contributed by atoms with Gasteiger partial charge in [-0.3, -0.25) is 9.69 Å². The number of hydrogen-bond donors (Lipinski definition) is 0. The van der Waals surface area contributed by atoms with E-state index >= 15 is 0 Å². The highest BCUT2D eigenvalue weighted by Crippen LogP contribution is 2.24. The topological polar surface area (TPSA) is 49.9 Å². The Hall–Kier alpha value is -1.75. The summed E-state index contributed by atoms with van der Waals surface area (Å²) in [6, 6.07) is 7.05. The number of nitrogens with zero attached hydrogens (tertiary/aromatic N) is 2. The Bertz CT molecular complexity index is 642. The van der Waals surface area contributed by atoms with Crippen LogP contribution in [0.1, 0.15) is 52.5 Å². The minimum atomic E-state index is -0.579. The Labute approximate surface area is 161 Å². The molecule has 1 aromatic rings. The Morgan fingerprint density at radius 1 is 1.27 bits per heavy atom. The minimum Gasteiger partial charge on any atom is -0.444 e. The number of hydrogen-bond acceptors (Lipinski definition) is 3. The van der Waals surface area contributed by atoms with Crippen LogP contribution in [0.2, 0.25) is 5.02 Å². The number of likely N-dealkylation sites (tertiary alicyclic amines) is 1. The van der Waals surface area contributed by atoms with Crippen molar-refractivity contribution < 1.29 is 14.3 Å². The van der Waals surface area contributed by atoms with Crippen molar-refractivity contribution in [3.8, 4) is 0 Å². The highest BCUT2D eigenvalue weighted by Gasteiger charge is 2.36. The summed E-state index contributed by atoms with van der Waals surface area (Å²) < 4.78 is 5.50. The van der Waals surface area contributed by atoms with Gasteiger partial charge in [-0.1, -0.05) is 29.8 Å². The number of rotatable bonds is 4. The second-order valence-corrected chi connectivity index (χ2v) is 8.04. The number of carbonyl (C=O) groups is 2. The van der Waals surface area contributed by atoms with E-state index in [9.17, 15) is 9.59 Å². The maximum Gasteiger partial charge on any atom is 0.410 e. The zero-order chi connectivity index (χ0) is 19.3. The van der Waals surface area contributed by atoms with Gasteiger partial charge in [-0.15, -0.1) is 0 Å². The van der Waals surface area contributed by atoms with E-state index in [0.29, 0.717) is 31.1 Å². The van der Waals surface area contributed by atoms with Crippen molar-refractivity contribution in [3.05, 3.63) is 34.9 Å². The first-order chi connectivity index (χ1) is 12.2. The monoisotopic (exact) mass is 380 g/mol. The van der Waals surface area contributed by atoms with Gasteiger partial charge in [-0.05, 0) is 58.6 Å². The molecule has 0 bridgehead atoms. The first-order valence-electron chi connectivity index (χ1n) is 9.24. The predicted octanol–water partition coefficient (Wildman–Crippen LogP) is 4.48. The second kappa shape index (κ2) is 8.76. The van der Waals surface area contributed by atoms with Crippen LogP contribution in [-0.4, -0.2) is 46.5 Å². The van der Waals surface area contributed by atoms with Crippen molar-refractivity contribution in [1.82, 2.24) is 9.80 Å². The zero-order valence-electron chi connectivity index (χ0n) is 16.1. The number of piperidine rings is 1. The third-order valence-corrected chi connectivity index (χ3v) is 4.80. The maximum atomic E-state index is 13.2. The summed E-state index contributed by atoms with van der Waals surface area (Å²) in [6.07, 6.45) is 2.07. The molecule has 26 heavy (non-hydrogen) atoms. The largest absolute Gasteiger partial charge is 0.444 e. The second-order valence-electron chi connectivity index (χ2n) is 7.63. The number of ether oxygens (including phenoxy) is 1. The van der Waals surface area contributed by atoms with Gasteiger partial charge in [0, 0.05) is 24.7 Å². The fraction of sp³-hybridized carbons (Fsp3) is 0.600. The zero-order valence-corrected chi connectivity index (χ0v) is 16.9. The average Bonchev–Trinajstić information content (AvgIpc) is 2.59. The van der Waals surface area contributed by atoms with Crippen molar-refractivity contribution >= 4 is 23.6 Å². The Morgan fingerprint density at radius 2 is 1.96 bits per heavy atom. The lowest BCUT2D eigenvalue weighted by Crippen LogP contribution is -2.53. The lowest BCUT2D eigenvalue weighted by atomic mass is 10.0. The molecule has 5 nitrogen and oxygen atoms in total. The molecule has 2 amide bonds. The molecule has 1 atom stereocenters. The third kappa shape index (κ3) is 5.37. The molecular formula is C20H29ClN2O3. The van der Waals surface area contributed by atoms with E-state index in [0.717, 1.165) is 18.4 Å². The smallest absolute Gasteiger partial charge is 0.410 e. The fourth-order valence-corrected chi connectivity index (χ4v) is 3.31. The summed E-state index contributed by atoms with van der Waals surface area (Å²) in [5.41, 5.74) is 0.327. The average molecular weight is 381 g/mol. The summed E-state index contributed by atoms with van der Waals surface area (Å²) in [5, 5.41) is 0.645. The fourth-order valence-electron chi connectivity index (χ4n) is 3.12. The standard InChI is InChI=1S/C20H29ClN2O3/c1-5-22(14-15-10-6-7-11-16(15)21)18(24)17-12-8-9-13-23(17)19(25)26-20(2,3)4/h6-7,10-11,17H,5,8-9,12-14H2,1-4H3/t17-/m0/s1. The molecule has 1 fully saturated rings. The van der Waals surface area contributed by atoms with Crippen LogP contribution in [0, 0.1) is 0 Å². The number of amides is 2. The number of carbonyl (C=O) groups excluding carboxylic acids is 2. The van der Waals surface area contributed by atoms with Gasteiger partial charge in [0.25, 0.3) is 0 Å². The third-order valence-electron chi connectivity index (χ3n) is 4.43. The molecule has 2 rings (SSSR count). The van der Waals surface area contributed by atoms with Gasteiger partial charge in [0.1, 0.15) is 11.6 Å². The van der Waals surface area contributed by atoms with Crippen LogP contribution in [0.4, 0.5) is 4.79 Å². The molecule has 1 saturated heterocycles. The van der Waals surface area contributed by atoms with Gasteiger partial charge in [0.2, 0.25) is 5.91 Å². The molecule has 1 heterocycles. The van der Waals surface area contributed by atoms with E-state index in [1.807, 2.05) is 52.0 Å². The Kier molecular flexibility index (Phi) is 6.93. The first-order valence-corrected chi connectivity index (χ1v) is 9.62. The molecule has 6 heteroatoms. The van der Waals surface area contributed by atoms with E-state index in [4.69, 9.17) is 16.3 Å². The molecule has 0 N–H and O–H groups in total. The molecule has 0 spiro atoms. The predicted molar refractivity (Wildman–Crippen MR) is 103 cm³/mol. The molecule has 0 aromatic heterocycles. The van der Waals surface area contributed by atoms with Crippen molar-refractivity contribution in [1.29, 1.82) is 0 Å². The van der Waals surface area contributed by atoms with E-state index in [2.05, 4.69) is 0 Å². The summed E-state index contributed by atoms with van der Waals surface area (Å²) in [5.74, 6) is -0.0435. The summed E-state index contributed by atoms with van der Waals surface area (Å²) in [4.78, 5) is 29.1. The van der Waals surface area contributed by atoms with Crippen LogP contribution in [0.25, 0.3) is 0 Å². The van der Waals surface area contributed by atoms with Gasteiger partial charge >= 0.3 is 6.09 Å². The quantitative estimate of drug-likeness (QED) is 0.773. The molecule has 0 saturated carbocycles. The molecule has 1 aliphatic heterocycles. The Morgan fingerprint density at radius 3 is 2.58 bits per heavy atom. The van der Waals surface area contributed by atoms with Gasteiger partial charge in [-0.25, -0.2) is 4.79 Å². The van der Waals surface area contributed by atoms with Crippen molar-refractivity contribution in [2.45, 2.75) is 65.1 Å².